The maximum Gasteiger partial charge on any atom is 0.161 e. The SMILES string of the molecule is CC(C)C(=O)/C=C(\O)C(C)C.Cc1ccc2c(c1)oc1c(-c3nccc4cc(C(C)C)ccc34)[c-]c(C(C)C)cc12.[Ir]. The first-order valence-electron chi connectivity index (χ1n) is 14.6. The van der Waals surface area contributed by atoms with Crippen LogP contribution in [0.15, 0.2) is 71.0 Å². The zero-order chi connectivity index (χ0) is 30.0. The number of allylic oxidation sites excluding steroid dienone is 2. The van der Waals surface area contributed by atoms with Gasteiger partial charge in [0, 0.05) is 49.6 Å². The molecule has 5 heteroatoms. The van der Waals surface area contributed by atoms with E-state index < -0.39 is 0 Å². The molecule has 1 N–H and O–H groups in total. The van der Waals surface area contributed by atoms with Gasteiger partial charge >= 0.3 is 0 Å². The van der Waals surface area contributed by atoms with Crippen LogP contribution in [0.3, 0.4) is 0 Å². The Kier molecular flexibility index (Phi) is 10.9. The van der Waals surface area contributed by atoms with E-state index in [-0.39, 0.29) is 43.5 Å². The second kappa shape index (κ2) is 13.8. The van der Waals surface area contributed by atoms with E-state index in [1.54, 1.807) is 0 Å². The molecule has 0 aliphatic carbocycles. The fourth-order valence-electron chi connectivity index (χ4n) is 4.66. The third-order valence-electron chi connectivity index (χ3n) is 7.44. The van der Waals surface area contributed by atoms with Gasteiger partial charge in [0.25, 0.3) is 0 Å². The van der Waals surface area contributed by atoms with Crippen LogP contribution >= 0.6 is 0 Å². The Labute approximate surface area is 263 Å². The van der Waals surface area contributed by atoms with Gasteiger partial charge in [-0.05, 0) is 58.5 Å². The maximum absolute atomic E-state index is 11.0. The minimum Gasteiger partial charge on any atom is -0.512 e. The van der Waals surface area contributed by atoms with Gasteiger partial charge < -0.3 is 14.5 Å². The van der Waals surface area contributed by atoms with E-state index >= 15 is 0 Å². The molecule has 0 aliphatic heterocycles. The monoisotopic (exact) mass is 741 g/mol. The number of nitrogens with zero attached hydrogens (tertiary/aromatic N) is 1. The number of hydrogen-bond donors (Lipinski definition) is 1. The molecule has 3 aromatic carbocycles. The Hall–Kier alpha value is -3.27. The van der Waals surface area contributed by atoms with Gasteiger partial charge in [-0.15, -0.1) is 17.7 Å². The summed E-state index contributed by atoms with van der Waals surface area (Å²) in [6.45, 7) is 18.3. The minimum atomic E-state index is -0.0316. The molecule has 2 heterocycles. The number of rotatable bonds is 6. The molecule has 0 saturated heterocycles. The van der Waals surface area contributed by atoms with Crippen molar-refractivity contribution in [2.24, 2.45) is 11.8 Å². The smallest absolute Gasteiger partial charge is 0.161 e. The summed E-state index contributed by atoms with van der Waals surface area (Å²) in [5.74, 6) is 1.02. The van der Waals surface area contributed by atoms with Crippen LogP contribution in [0, 0.1) is 24.8 Å². The molecule has 5 rings (SSSR count). The van der Waals surface area contributed by atoms with Crippen LogP contribution in [-0.2, 0) is 24.9 Å². The molecule has 5 aromatic rings. The predicted molar refractivity (Wildman–Crippen MR) is 172 cm³/mol. The number of carbonyl (C=O) groups is 1. The Morgan fingerprint density at radius 2 is 1.55 bits per heavy atom. The van der Waals surface area contributed by atoms with Crippen molar-refractivity contribution in [3.8, 4) is 11.3 Å². The van der Waals surface area contributed by atoms with Crippen LogP contribution in [-0.4, -0.2) is 15.9 Å². The summed E-state index contributed by atoms with van der Waals surface area (Å²) in [4.78, 5) is 15.8. The number of carbonyl (C=O) groups excluding carboxylic acids is 1. The largest absolute Gasteiger partial charge is 0.512 e. The molecule has 0 saturated carbocycles. The van der Waals surface area contributed by atoms with Gasteiger partial charge in [0.05, 0.1) is 11.3 Å². The van der Waals surface area contributed by atoms with Gasteiger partial charge in [-0.25, -0.2) is 0 Å². The fraction of sp³-hybridized carbons (Fsp3) is 0.351. The van der Waals surface area contributed by atoms with Gasteiger partial charge in [0.15, 0.2) is 5.78 Å². The fourth-order valence-corrected chi connectivity index (χ4v) is 4.66. The molecule has 4 nitrogen and oxygen atoms in total. The predicted octanol–water partition coefficient (Wildman–Crippen LogP) is 10.5. The van der Waals surface area contributed by atoms with E-state index in [1.165, 1.54) is 28.2 Å². The molecule has 0 atom stereocenters. The molecule has 223 valence electrons. The first-order valence-corrected chi connectivity index (χ1v) is 14.6. The number of pyridine rings is 1. The van der Waals surface area contributed by atoms with Crippen molar-refractivity contribution in [2.45, 2.75) is 74.1 Å². The summed E-state index contributed by atoms with van der Waals surface area (Å²) in [7, 11) is 0. The minimum absolute atomic E-state index is 0. The molecule has 1 radical (unpaired) electrons. The average molecular weight is 741 g/mol. The van der Waals surface area contributed by atoms with Crippen molar-refractivity contribution in [1.82, 2.24) is 4.98 Å². The quantitative estimate of drug-likeness (QED) is 0.107. The number of ketones is 1. The Morgan fingerprint density at radius 3 is 2.17 bits per heavy atom. The topological polar surface area (TPSA) is 63.3 Å². The van der Waals surface area contributed by atoms with Gasteiger partial charge in [-0.3, -0.25) is 4.79 Å². The van der Waals surface area contributed by atoms with Crippen LogP contribution in [0.1, 0.15) is 83.9 Å². The first kappa shape index (κ1) is 33.2. The van der Waals surface area contributed by atoms with Crippen molar-refractivity contribution in [3.05, 3.63) is 89.3 Å². The zero-order valence-electron chi connectivity index (χ0n) is 26.1. The number of fused-ring (bicyclic) bond motifs is 4. The number of aliphatic hydroxyl groups excluding tert-OH is 1. The Bertz CT molecular complexity index is 1740. The van der Waals surface area contributed by atoms with E-state index in [2.05, 4.69) is 89.2 Å². The van der Waals surface area contributed by atoms with Crippen molar-refractivity contribution >= 4 is 38.5 Å². The normalized spacial score (nSPS) is 12.0. The van der Waals surface area contributed by atoms with Crippen molar-refractivity contribution < 1.29 is 34.4 Å². The molecule has 0 unspecified atom stereocenters. The van der Waals surface area contributed by atoms with Gasteiger partial charge in [-0.2, -0.15) is 0 Å². The second-order valence-corrected chi connectivity index (χ2v) is 12.2. The summed E-state index contributed by atoms with van der Waals surface area (Å²) >= 11 is 0. The van der Waals surface area contributed by atoms with E-state index in [0.29, 0.717) is 11.8 Å². The molecular formula is C37H42IrNO3-. The molecule has 2 aromatic heterocycles. The van der Waals surface area contributed by atoms with Crippen LogP contribution < -0.4 is 0 Å². The third kappa shape index (κ3) is 7.19. The van der Waals surface area contributed by atoms with Crippen LogP contribution in [0.25, 0.3) is 44.0 Å². The number of aliphatic hydroxyl groups is 1. The van der Waals surface area contributed by atoms with Gasteiger partial charge in [-0.1, -0.05) is 96.7 Å². The number of aryl methyl sites for hydroxylation is 1. The van der Waals surface area contributed by atoms with Crippen molar-refractivity contribution in [3.63, 3.8) is 0 Å². The van der Waals surface area contributed by atoms with E-state index in [1.807, 2.05) is 33.9 Å². The second-order valence-electron chi connectivity index (χ2n) is 12.2. The van der Waals surface area contributed by atoms with E-state index in [9.17, 15) is 9.90 Å². The maximum atomic E-state index is 11.0. The zero-order valence-corrected chi connectivity index (χ0v) is 28.5. The molecule has 0 amide bonds. The molecule has 0 aliphatic rings. The summed E-state index contributed by atoms with van der Waals surface area (Å²) in [6, 6.07) is 21.1. The summed E-state index contributed by atoms with van der Waals surface area (Å²) in [6.07, 6.45) is 3.21. The molecule has 0 fully saturated rings. The Balaban J connectivity index is 0.000000347. The van der Waals surface area contributed by atoms with Crippen LogP contribution in [0.5, 0.6) is 0 Å². The van der Waals surface area contributed by atoms with Crippen LogP contribution in [0.4, 0.5) is 0 Å². The average Bonchev–Trinajstić information content (AvgIpc) is 3.29. The molecular weight excluding hydrogens is 699 g/mol. The van der Waals surface area contributed by atoms with Gasteiger partial charge in [0.1, 0.15) is 5.58 Å². The molecule has 42 heavy (non-hydrogen) atoms. The number of benzene rings is 3. The first-order chi connectivity index (χ1) is 19.4. The molecule has 0 spiro atoms. The summed E-state index contributed by atoms with van der Waals surface area (Å²) in [5, 5.41) is 13.8. The number of aromatic nitrogens is 1. The van der Waals surface area contributed by atoms with E-state index in [4.69, 9.17) is 9.40 Å². The van der Waals surface area contributed by atoms with Crippen molar-refractivity contribution in [1.29, 1.82) is 0 Å². The number of hydrogen-bond acceptors (Lipinski definition) is 4. The van der Waals surface area contributed by atoms with Crippen LogP contribution in [0.2, 0.25) is 0 Å². The van der Waals surface area contributed by atoms with Gasteiger partial charge in [0.2, 0.25) is 0 Å². The summed E-state index contributed by atoms with van der Waals surface area (Å²) in [5.41, 5.74) is 7.39. The van der Waals surface area contributed by atoms with E-state index in [0.717, 1.165) is 38.6 Å². The Morgan fingerprint density at radius 1 is 0.857 bits per heavy atom. The standard InChI is InChI=1S/C28H26NO.C9H16O2.Ir/c1-16(2)19-7-9-22-20(13-19)10-11-29-27(22)25-15-21(17(3)4)14-24-23-8-6-18(5)12-26(23)30-28(24)25;1-6(2)8(10)5-9(11)7(3)4;/h6-14,16-17H,1-5H3;5-7,10H,1-4H3;/q-1;;/b;8-5-;. The third-order valence-corrected chi connectivity index (χ3v) is 7.44. The molecule has 0 bridgehead atoms. The number of furan rings is 1. The van der Waals surface area contributed by atoms with Crippen molar-refractivity contribution in [2.75, 3.05) is 0 Å². The summed E-state index contributed by atoms with van der Waals surface area (Å²) < 4.78 is 6.39.